The smallest absolute Gasteiger partial charge is 0.193 e. The molecule has 1 heterocycles. The minimum absolute atomic E-state index is 0. The molecule has 1 saturated heterocycles. The number of ether oxygens (including phenoxy) is 1. The third-order valence-corrected chi connectivity index (χ3v) is 5.98. The van der Waals surface area contributed by atoms with Crippen LogP contribution in [0.5, 0.6) is 5.75 Å². The summed E-state index contributed by atoms with van der Waals surface area (Å²) in [6.45, 7) is 9.77. The lowest BCUT2D eigenvalue weighted by Gasteiger charge is -2.37. The van der Waals surface area contributed by atoms with E-state index in [1.807, 2.05) is 24.9 Å². The first-order valence-electron chi connectivity index (χ1n) is 8.94. The van der Waals surface area contributed by atoms with Gasteiger partial charge in [0.15, 0.2) is 17.5 Å². The molecule has 8 heteroatoms. The van der Waals surface area contributed by atoms with Crippen molar-refractivity contribution in [2.75, 3.05) is 53.1 Å². The number of hydrogen-bond donors (Lipinski definition) is 1. The van der Waals surface area contributed by atoms with Crippen LogP contribution in [0, 0.1) is 5.82 Å². The van der Waals surface area contributed by atoms with Crippen molar-refractivity contribution in [2.24, 2.45) is 4.99 Å². The zero-order chi connectivity index (χ0) is 19.2. The Morgan fingerprint density at radius 3 is 2.48 bits per heavy atom. The van der Waals surface area contributed by atoms with E-state index >= 15 is 0 Å². The molecule has 0 saturated carbocycles. The standard InChI is InChI=1S/C19H31FN4OS.HI/c1-19(2,26-5)14-22-18(21-3)24-10-8-23(9-11-24)13-15-6-7-17(25-4)16(20)12-15;/h6-7,12H,8-11,13-14H2,1-5H3,(H,21,22);1H. The highest BCUT2D eigenvalue weighted by Crippen LogP contribution is 2.20. The van der Waals surface area contributed by atoms with Crippen molar-refractivity contribution in [3.63, 3.8) is 0 Å². The number of nitrogens with one attached hydrogen (secondary N) is 1. The Hall–Kier alpha value is -0.740. The molecule has 1 aliphatic rings. The second kappa shape index (κ2) is 11.3. The zero-order valence-electron chi connectivity index (χ0n) is 16.9. The van der Waals surface area contributed by atoms with E-state index in [-0.39, 0.29) is 34.5 Å². The van der Waals surface area contributed by atoms with Gasteiger partial charge in [-0.2, -0.15) is 11.8 Å². The summed E-state index contributed by atoms with van der Waals surface area (Å²) in [5.74, 6) is 0.952. The molecule has 1 aromatic rings. The number of halogens is 2. The van der Waals surface area contributed by atoms with Gasteiger partial charge in [0.1, 0.15) is 0 Å². The summed E-state index contributed by atoms with van der Waals surface area (Å²) in [7, 11) is 3.32. The van der Waals surface area contributed by atoms with Crippen molar-refractivity contribution in [1.82, 2.24) is 15.1 Å². The van der Waals surface area contributed by atoms with Gasteiger partial charge in [-0.15, -0.1) is 24.0 Å². The second-order valence-electron chi connectivity index (χ2n) is 7.10. The summed E-state index contributed by atoms with van der Waals surface area (Å²) in [6.07, 6.45) is 2.13. The lowest BCUT2D eigenvalue weighted by molar-refractivity contribution is 0.172. The van der Waals surface area contributed by atoms with Crippen LogP contribution in [0.3, 0.4) is 0 Å². The van der Waals surface area contributed by atoms with Crippen LogP contribution < -0.4 is 10.1 Å². The molecule has 0 amide bonds. The Morgan fingerprint density at radius 2 is 1.96 bits per heavy atom. The number of benzene rings is 1. The van der Waals surface area contributed by atoms with E-state index in [4.69, 9.17) is 4.74 Å². The Morgan fingerprint density at radius 1 is 1.30 bits per heavy atom. The first kappa shape index (κ1) is 24.3. The monoisotopic (exact) mass is 510 g/mol. The lowest BCUT2D eigenvalue weighted by Crippen LogP contribution is -2.53. The summed E-state index contributed by atoms with van der Waals surface area (Å²) in [5, 5.41) is 3.49. The first-order valence-corrected chi connectivity index (χ1v) is 10.2. The molecule has 0 aromatic heterocycles. The molecule has 0 atom stereocenters. The summed E-state index contributed by atoms with van der Waals surface area (Å²) < 4.78 is 19.0. The summed E-state index contributed by atoms with van der Waals surface area (Å²) in [4.78, 5) is 9.07. The van der Waals surface area contributed by atoms with Gasteiger partial charge in [0, 0.05) is 51.1 Å². The molecule has 1 fully saturated rings. The van der Waals surface area contributed by atoms with Gasteiger partial charge in [-0.3, -0.25) is 9.89 Å². The maximum absolute atomic E-state index is 13.9. The molecule has 0 spiro atoms. The van der Waals surface area contributed by atoms with E-state index in [0.29, 0.717) is 5.75 Å². The molecule has 0 aliphatic carbocycles. The zero-order valence-corrected chi connectivity index (χ0v) is 20.1. The van der Waals surface area contributed by atoms with Crippen LogP contribution in [0.4, 0.5) is 4.39 Å². The van der Waals surface area contributed by atoms with E-state index in [1.54, 1.807) is 12.1 Å². The number of thioether (sulfide) groups is 1. The van der Waals surface area contributed by atoms with Gasteiger partial charge < -0.3 is 15.0 Å². The number of rotatable bonds is 6. The predicted molar refractivity (Wildman–Crippen MR) is 124 cm³/mol. The molecular weight excluding hydrogens is 478 g/mol. The average Bonchev–Trinajstić information content (AvgIpc) is 2.63. The van der Waals surface area contributed by atoms with Crippen LogP contribution >= 0.6 is 35.7 Å². The molecule has 5 nitrogen and oxygen atoms in total. The lowest BCUT2D eigenvalue weighted by atomic mass is 10.2. The molecule has 2 rings (SSSR count). The van der Waals surface area contributed by atoms with Gasteiger partial charge in [-0.25, -0.2) is 4.39 Å². The van der Waals surface area contributed by atoms with Crippen molar-refractivity contribution in [3.8, 4) is 5.75 Å². The third-order valence-electron chi connectivity index (χ3n) is 4.73. The van der Waals surface area contributed by atoms with E-state index in [2.05, 4.69) is 40.2 Å². The number of aliphatic imine (C=N–C) groups is 1. The molecule has 1 N–H and O–H groups in total. The first-order chi connectivity index (χ1) is 12.4. The van der Waals surface area contributed by atoms with E-state index in [9.17, 15) is 4.39 Å². The highest BCUT2D eigenvalue weighted by molar-refractivity contribution is 14.0. The number of methoxy groups -OCH3 is 1. The van der Waals surface area contributed by atoms with Gasteiger partial charge in [0.05, 0.1) is 7.11 Å². The van der Waals surface area contributed by atoms with Crippen LogP contribution in [0.1, 0.15) is 19.4 Å². The van der Waals surface area contributed by atoms with Crippen LogP contribution in [0.2, 0.25) is 0 Å². The molecule has 0 bridgehead atoms. The topological polar surface area (TPSA) is 40.1 Å². The Kier molecular flexibility index (Phi) is 10.2. The Balaban J connectivity index is 0.00000364. The van der Waals surface area contributed by atoms with Crippen molar-refractivity contribution in [1.29, 1.82) is 0 Å². The Labute approximate surface area is 184 Å². The highest BCUT2D eigenvalue weighted by Gasteiger charge is 2.22. The van der Waals surface area contributed by atoms with Crippen molar-refractivity contribution in [3.05, 3.63) is 29.6 Å². The number of hydrogen-bond acceptors (Lipinski definition) is 4. The number of nitrogens with zero attached hydrogens (tertiary/aromatic N) is 3. The highest BCUT2D eigenvalue weighted by atomic mass is 127. The third kappa shape index (κ3) is 7.30. The van der Waals surface area contributed by atoms with Gasteiger partial charge in [0.2, 0.25) is 0 Å². The van der Waals surface area contributed by atoms with Crippen LogP contribution in [0.25, 0.3) is 0 Å². The molecule has 27 heavy (non-hydrogen) atoms. The fourth-order valence-corrected chi connectivity index (χ4v) is 3.10. The van der Waals surface area contributed by atoms with Gasteiger partial charge in [0.25, 0.3) is 0 Å². The summed E-state index contributed by atoms with van der Waals surface area (Å²) >= 11 is 1.85. The van der Waals surface area contributed by atoms with Crippen LogP contribution in [-0.4, -0.2) is 73.6 Å². The maximum atomic E-state index is 13.9. The van der Waals surface area contributed by atoms with Crippen molar-refractivity contribution < 1.29 is 9.13 Å². The van der Waals surface area contributed by atoms with Crippen LogP contribution in [-0.2, 0) is 6.54 Å². The van der Waals surface area contributed by atoms with Gasteiger partial charge >= 0.3 is 0 Å². The fourth-order valence-electron chi connectivity index (χ4n) is 2.88. The summed E-state index contributed by atoms with van der Waals surface area (Å²) in [6, 6.07) is 5.19. The van der Waals surface area contributed by atoms with Gasteiger partial charge in [-0.05, 0) is 37.8 Å². The van der Waals surface area contributed by atoms with Crippen molar-refractivity contribution in [2.45, 2.75) is 25.1 Å². The maximum Gasteiger partial charge on any atom is 0.193 e. The van der Waals surface area contributed by atoms with Gasteiger partial charge in [-0.1, -0.05) is 6.07 Å². The largest absolute Gasteiger partial charge is 0.494 e. The van der Waals surface area contributed by atoms with E-state index in [0.717, 1.165) is 50.8 Å². The molecule has 154 valence electrons. The molecular formula is C19H32FIN4OS. The fraction of sp³-hybridized carbons (Fsp3) is 0.632. The molecule has 0 unspecified atom stereocenters. The second-order valence-corrected chi connectivity index (χ2v) is 8.61. The minimum atomic E-state index is -0.301. The molecule has 0 radical (unpaired) electrons. The number of guanidine groups is 1. The predicted octanol–water partition coefficient (Wildman–Crippen LogP) is 3.29. The van der Waals surface area contributed by atoms with Crippen molar-refractivity contribution >= 4 is 41.7 Å². The van der Waals surface area contributed by atoms with E-state index in [1.165, 1.54) is 7.11 Å². The normalized spacial score (nSPS) is 16.1. The number of piperazine rings is 1. The average molecular weight is 510 g/mol. The van der Waals surface area contributed by atoms with E-state index < -0.39 is 0 Å². The molecule has 1 aliphatic heterocycles. The Bertz CT molecular complexity index is 622. The SMILES string of the molecule is CN=C(NCC(C)(C)SC)N1CCN(Cc2ccc(OC)c(F)c2)CC1.I. The minimum Gasteiger partial charge on any atom is -0.494 e. The summed E-state index contributed by atoms with van der Waals surface area (Å²) in [5.41, 5.74) is 0.973. The quantitative estimate of drug-likeness (QED) is 0.362. The molecule has 1 aromatic carbocycles. The van der Waals surface area contributed by atoms with Crippen LogP contribution in [0.15, 0.2) is 23.2 Å².